The average molecular weight is 263 g/mol. The van der Waals surface area contributed by atoms with E-state index in [0.29, 0.717) is 0 Å². The Morgan fingerprint density at radius 3 is 2.65 bits per heavy atom. The molecule has 3 heteroatoms. The van der Waals surface area contributed by atoms with Gasteiger partial charge in [0.05, 0.1) is 5.69 Å². The van der Waals surface area contributed by atoms with Crippen molar-refractivity contribution in [2.24, 2.45) is 0 Å². The van der Waals surface area contributed by atoms with Crippen LogP contribution in [-0.2, 0) is 6.42 Å². The molecule has 0 aliphatic carbocycles. The zero-order valence-electron chi connectivity index (χ0n) is 10.4. The van der Waals surface area contributed by atoms with Crippen molar-refractivity contribution in [1.29, 1.82) is 0 Å². The smallest absolute Gasteiger partial charge is 0.124 e. The van der Waals surface area contributed by atoms with Crippen molar-refractivity contribution in [1.82, 2.24) is 4.98 Å². The number of benzene rings is 1. The molecule has 1 heterocycles. The highest BCUT2D eigenvalue weighted by molar-refractivity contribution is 7.80. The summed E-state index contributed by atoms with van der Waals surface area (Å²) in [4.78, 5) is 6.03. The van der Waals surface area contributed by atoms with Gasteiger partial charge in [0.25, 0.3) is 0 Å². The molecule has 0 N–H and O–H groups in total. The molecule has 0 radical (unpaired) electrons. The highest BCUT2D eigenvalue weighted by atomic mass is 32.1. The number of aryl methyl sites for hydroxylation is 4. The van der Waals surface area contributed by atoms with Gasteiger partial charge in [0, 0.05) is 10.4 Å². The minimum absolute atomic E-state index is 0.884. The maximum Gasteiger partial charge on any atom is 0.124 e. The van der Waals surface area contributed by atoms with Gasteiger partial charge in [-0.3, -0.25) is 0 Å². The van der Waals surface area contributed by atoms with Crippen molar-refractivity contribution in [3.8, 4) is 10.6 Å². The third-order valence-electron chi connectivity index (χ3n) is 2.84. The molecule has 1 aromatic heterocycles. The lowest BCUT2D eigenvalue weighted by atomic mass is 10.1. The molecule has 0 fully saturated rings. The Kier molecular flexibility index (Phi) is 3.89. The Labute approximate surface area is 112 Å². The van der Waals surface area contributed by atoms with Crippen molar-refractivity contribution in [2.75, 3.05) is 5.75 Å². The molecule has 1 aromatic carbocycles. The minimum Gasteiger partial charge on any atom is -0.241 e. The van der Waals surface area contributed by atoms with Gasteiger partial charge in [-0.25, -0.2) is 4.98 Å². The van der Waals surface area contributed by atoms with Gasteiger partial charge >= 0.3 is 0 Å². The van der Waals surface area contributed by atoms with E-state index in [9.17, 15) is 0 Å². The first-order chi connectivity index (χ1) is 8.11. The second-order valence-corrected chi connectivity index (χ2v) is 5.85. The molecule has 0 unspecified atom stereocenters. The fraction of sp³-hybridized carbons (Fsp3) is 0.357. The van der Waals surface area contributed by atoms with Gasteiger partial charge in [-0.1, -0.05) is 23.8 Å². The van der Waals surface area contributed by atoms with E-state index < -0.39 is 0 Å². The number of thiol groups is 1. The number of hydrogen-bond donors (Lipinski definition) is 1. The Morgan fingerprint density at radius 1 is 1.24 bits per heavy atom. The van der Waals surface area contributed by atoms with Crippen LogP contribution in [0.25, 0.3) is 10.6 Å². The van der Waals surface area contributed by atoms with E-state index in [0.717, 1.165) is 22.9 Å². The van der Waals surface area contributed by atoms with E-state index in [-0.39, 0.29) is 0 Å². The van der Waals surface area contributed by atoms with Crippen LogP contribution in [-0.4, -0.2) is 10.7 Å². The molecule has 0 bridgehead atoms. The van der Waals surface area contributed by atoms with Gasteiger partial charge in [0.1, 0.15) is 5.01 Å². The van der Waals surface area contributed by atoms with Crippen molar-refractivity contribution in [3.63, 3.8) is 0 Å². The molecule has 1 nitrogen and oxygen atoms in total. The van der Waals surface area contributed by atoms with Crippen LogP contribution in [0.1, 0.15) is 21.7 Å². The van der Waals surface area contributed by atoms with Gasteiger partial charge in [0.15, 0.2) is 0 Å². The summed E-state index contributed by atoms with van der Waals surface area (Å²) in [5.41, 5.74) is 5.01. The summed E-state index contributed by atoms with van der Waals surface area (Å²) in [6.45, 7) is 6.36. The number of aromatic nitrogens is 1. The van der Waals surface area contributed by atoms with Crippen molar-refractivity contribution < 1.29 is 0 Å². The lowest BCUT2D eigenvalue weighted by Crippen LogP contribution is -1.85. The quantitative estimate of drug-likeness (QED) is 0.819. The van der Waals surface area contributed by atoms with Gasteiger partial charge < -0.3 is 0 Å². The Morgan fingerprint density at radius 2 is 2.00 bits per heavy atom. The summed E-state index contributed by atoms with van der Waals surface area (Å²) >= 11 is 6.09. The first-order valence-electron chi connectivity index (χ1n) is 5.76. The van der Waals surface area contributed by atoms with Crippen LogP contribution in [0.3, 0.4) is 0 Å². The Bertz CT molecular complexity index is 529. The molecule has 0 atom stereocenters. The SMILES string of the molecule is Cc1ccc(-c2nc(C)c(CCS)s2)c(C)c1. The zero-order valence-corrected chi connectivity index (χ0v) is 12.2. The summed E-state index contributed by atoms with van der Waals surface area (Å²) < 4.78 is 0. The maximum atomic E-state index is 4.67. The number of thiazole rings is 1. The van der Waals surface area contributed by atoms with Crippen molar-refractivity contribution in [2.45, 2.75) is 27.2 Å². The predicted molar refractivity (Wildman–Crippen MR) is 79.3 cm³/mol. The first-order valence-corrected chi connectivity index (χ1v) is 7.21. The molecule has 0 aliphatic heterocycles. The van der Waals surface area contributed by atoms with Gasteiger partial charge in [0.2, 0.25) is 0 Å². The van der Waals surface area contributed by atoms with Crippen LogP contribution >= 0.6 is 24.0 Å². The summed E-state index contributed by atoms with van der Waals surface area (Å²) in [6.07, 6.45) is 1.01. The highest BCUT2D eigenvalue weighted by Crippen LogP contribution is 2.30. The summed E-state index contributed by atoms with van der Waals surface area (Å²) in [6, 6.07) is 6.54. The topological polar surface area (TPSA) is 12.9 Å². The Balaban J connectivity index is 2.42. The van der Waals surface area contributed by atoms with E-state index in [1.807, 2.05) is 0 Å². The Hall–Kier alpha value is -0.800. The average Bonchev–Trinajstić information content (AvgIpc) is 2.60. The third kappa shape index (κ3) is 2.72. The lowest BCUT2D eigenvalue weighted by molar-refractivity contribution is 1.13. The summed E-state index contributed by atoms with van der Waals surface area (Å²) in [5, 5.41) is 1.14. The first kappa shape index (κ1) is 12.7. The van der Waals surface area contributed by atoms with Crippen molar-refractivity contribution >= 4 is 24.0 Å². The van der Waals surface area contributed by atoms with Gasteiger partial charge in [-0.05, 0) is 38.5 Å². The molecule has 17 heavy (non-hydrogen) atoms. The van der Waals surface area contributed by atoms with Crippen LogP contribution in [0.15, 0.2) is 18.2 Å². The summed E-state index contributed by atoms with van der Waals surface area (Å²) in [7, 11) is 0. The molecule has 0 amide bonds. The predicted octanol–water partition coefficient (Wildman–Crippen LogP) is 4.21. The molecule has 0 spiro atoms. The van der Waals surface area contributed by atoms with Crippen LogP contribution in [0.4, 0.5) is 0 Å². The fourth-order valence-electron chi connectivity index (χ4n) is 1.93. The molecule has 0 saturated carbocycles. The maximum absolute atomic E-state index is 4.67. The van der Waals surface area contributed by atoms with Crippen LogP contribution < -0.4 is 0 Å². The summed E-state index contributed by atoms with van der Waals surface area (Å²) in [5.74, 6) is 0.884. The van der Waals surface area contributed by atoms with E-state index in [2.05, 4.69) is 56.6 Å². The standard InChI is InChI=1S/C14H17NS2/c1-9-4-5-12(10(2)8-9)14-15-11(3)13(17-14)6-7-16/h4-5,8,16H,6-7H2,1-3H3. The van der Waals surface area contributed by atoms with Crippen LogP contribution in [0.2, 0.25) is 0 Å². The van der Waals surface area contributed by atoms with Crippen LogP contribution in [0, 0.1) is 20.8 Å². The number of nitrogens with zero attached hydrogens (tertiary/aromatic N) is 1. The number of rotatable bonds is 3. The van der Waals surface area contributed by atoms with E-state index in [4.69, 9.17) is 0 Å². The normalized spacial score (nSPS) is 10.8. The van der Waals surface area contributed by atoms with E-state index in [1.165, 1.54) is 21.6 Å². The monoisotopic (exact) mass is 263 g/mol. The number of hydrogen-bond acceptors (Lipinski definition) is 3. The van der Waals surface area contributed by atoms with Crippen molar-refractivity contribution in [3.05, 3.63) is 39.9 Å². The molecule has 0 aliphatic rings. The molecule has 2 rings (SSSR count). The molecule has 90 valence electrons. The molecule has 0 saturated heterocycles. The largest absolute Gasteiger partial charge is 0.241 e. The molecular formula is C14H17NS2. The van der Waals surface area contributed by atoms with Gasteiger partial charge in [-0.15, -0.1) is 11.3 Å². The second-order valence-electron chi connectivity index (χ2n) is 4.32. The second kappa shape index (κ2) is 5.23. The fourth-order valence-corrected chi connectivity index (χ4v) is 3.46. The van der Waals surface area contributed by atoms with E-state index in [1.54, 1.807) is 11.3 Å². The minimum atomic E-state index is 0.884. The highest BCUT2D eigenvalue weighted by Gasteiger charge is 2.10. The van der Waals surface area contributed by atoms with Gasteiger partial charge in [-0.2, -0.15) is 12.6 Å². The third-order valence-corrected chi connectivity index (χ3v) is 4.32. The van der Waals surface area contributed by atoms with Crippen LogP contribution in [0.5, 0.6) is 0 Å². The zero-order chi connectivity index (χ0) is 12.4. The molecular weight excluding hydrogens is 246 g/mol. The molecule has 2 aromatic rings. The lowest BCUT2D eigenvalue weighted by Gasteiger charge is -2.02. The van der Waals surface area contributed by atoms with E-state index >= 15 is 0 Å².